The molecular formula is C16H15Br2ClO. The highest BCUT2D eigenvalue weighted by molar-refractivity contribution is 9.10. The highest BCUT2D eigenvalue weighted by atomic mass is 79.9. The Morgan fingerprint density at radius 1 is 1.15 bits per heavy atom. The number of halogens is 3. The molecule has 0 spiro atoms. The number of benzene rings is 2. The van der Waals surface area contributed by atoms with Gasteiger partial charge in [0.05, 0.1) is 11.9 Å². The maximum atomic E-state index is 5.96. The summed E-state index contributed by atoms with van der Waals surface area (Å²) in [6.45, 7) is 4.14. The van der Waals surface area contributed by atoms with Crippen LogP contribution in [0.4, 0.5) is 0 Å². The predicted octanol–water partition coefficient (Wildman–Crippen LogP) is 6.21. The third-order valence-electron chi connectivity index (χ3n) is 3.33. The molecule has 2 aromatic carbocycles. The molecule has 0 N–H and O–H groups in total. The summed E-state index contributed by atoms with van der Waals surface area (Å²) in [5.41, 5.74) is 4.57. The van der Waals surface area contributed by atoms with Crippen LogP contribution in [0.25, 0.3) is 0 Å². The largest absolute Gasteiger partial charge is 0.496 e. The van der Waals surface area contributed by atoms with Crippen molar-refractivity contribution in [1.82, 2.24) is 0 Å². The Hall–Kier alpha value is -0.510. The topological polar surface area (TPSA) is 9.23 Å². The van der Waals surface area contributed by atoms with Crippen LogP contribution in [0.3, 0.4) is 0 Å². The van der Waals surface area contributed by atoms with Gasteiger partial charge in [0.1, 0.15) is 5.75 Å². The van der Waals surface area contributed by atoms with Crippen LogP contribution < -0.4 is 4.74 Å². The molecule has 106 valence electrons. The van der Waals surface area contributed by atoms with Crippen LogP contribution in [-0.4, -0.2) is 7.11 Å². The Morgan fingerprint density at radius 2 is 1.75 bits per heavy atom. The number of hydrogen-bond donors (Lipinski definition) is 0. The van der Waals surface area contributed by atoms with Gasteiger partial charge in [-0.3, -0.25) is 0 Å². The Morgan fingerprint density at radius 3 is 2.30 bits per heavy atom. The van der Waals surface area contributed by atoms with E-state index in [0.29, 0.717) is 0 Å². The van der Waals surface area contributed by atoms with Crippen LogP contribution in [-0.2, 0) is 0 Å². The van der Waals surface area contributed by atoms with Gasteiger partial charge in [0, 0.05) is 15.1 Å². The molecule has 0 fully saturated rings. The minimum absolute atomic E-state index is 0.0610. The molecule has 0 bridgehead atoms. The number of methoxy groups -OCH3 is 1. The van der Waals surface area contributed by atoms with Crippen LogP contribution in [0.15, 0.2) is 34.8 Å². The van der Waals surface area contributed by atoms with Gasteiger partial charge in [0.2, 0.25) is 0 Å². The Balaban J connectivity index is 2.58. The molecule has 0 heterocycles. The maximum Gasteiger partial charge on any atom is 0.126 e. The zero-order valence-corrected chi connectivity index (χ0v) is 15.4. The number of hydrogen-bond acceptors (Lipinski definition) is 1. The normalized spacial score (nSPS) is 12.3. The molecule has 0 aliphatic carbocycles. The van der Waals surface area contributed by atoms with Crippen molar-refractivity contribution in [3.63, 3.8) is 0 Å². The molecule has 0 aromatic heterocycles. The highest BCUT2D eigenvalue weighted by Gasteiger charge is 2.21. The number of ether oxygens (including phenoxy) is 1. The zero-order valence-electron chi connectivity index (χ0n) is 11.5. The molecule has 0 aliphatic rings. The second-order valence-electron chi connectivity index (χ2n) is 4.66. The lowest BCUT2D eigenvalue weighted by Gasteiger charge is -2.20. The first kappa shape index (κ1) is 15.9. The summed E-state index contributed by atoms with van der Waals surface area (Å²) in [4.78, 5) is 0.0610. The minimum atomic E-state index is 0.0610. The molecule has 4 heteroatoms. The molecule has 1 atom stereocenters. The van der Waals surface area contributed by atoms with Crippen LogP contribution in [0.1, 0.15) is 27.1 Å². The van der Waals surface area contributed by atoms with Gasteiger partial charge in [-0.25, -0.2) is 0 Å². The molecule has 0 aliphatic heterocycles. The molecule has 1 unspecified atom stereocenters. The van der Waals surface area contributed by atoms with Crippen molar-refractivity contribution in [2.24, 2.45) is 0 Å². The Kier molecular flexibility index (Phi) is 5.16. The van der Waals surface area contributed by atoms with Gasteiger partial charge in [-0.2, -0.15) is 0 Å². The van der Waals surface area contributed by atoms with E-state index in [1.54, 1.807) is 7.11 Å². The fourth-order valence-electron chi connectivity index (χ4n) is 2.25. The monoisotopic (exact) mass is 416 g/mol. The molecule has 2 aromatic rings. The lowest BCUT2D eigenvalue weighted by atomic mass is 9.97. The fourth-order valence-corrected chi connectivity index (χ4v) is 3.79. The molecule has 0 radical (unpaired) electrons. The van der Waals surface area contributed by atoms with Crippen LogP contribution >= 0.6 is 43.5 Å². The molecule has 0 amide bonds. The maximum absolute atomic E-state index is 5.96. The standard InChI is InChI=1S/C16H15Br2ClO/c1-9-8-13(17)10(2)14(16(9)20-3)15(18)11-4-6-12(19)7-5-11/h4-8,15H,1-3H3. The first-order valence-electron chi connectivity index (χ1n) is 6.18. The van der Waals surface area contributed by atoms with Crippen molar-refractivity contribution < 1.29 is 4.74 Å². The Labute approximate surface area is 141 Å². The summed E-state index contributed by atoms with van der Waals surface area (Å²) < 4.78 is 6.69. The molecular weight excluding hydrogens is 403 g/mol. The summed E-state index contributed by atoms with van der Waals surface area (Å²) in [6.07, 6.45) is 0. The van der Waals surface area contributed by atoms with Crippen LogP contribution in [0, 0.1) is 13.8 Å². The number of alkyl halides is 1. The van der Waals surface area contributed by atoms with Crippen molar-refractivity contribution in [3.8, 4) is 5.75 Å². The first-order valence-corrected chi connectivity index (χ1v) is 8.27. The summed E-state index contributed by atoms with van der Waals surface area (Å²) >= 11 is 13.4. The predicted molar refractivity (Wildman–Crippen MR) is 92.4 cm³/mol. The molecule has 1 nitrogen and oxygen atoms in total. The van der Waals surface area contributed by atoms with Gasteiger partial charge in [-0.1, -0.05) is 55.6 Å². The van der Waals surface area contributed by atoms with Crippen molar-refractivity contribution >= 4 is 43.5 Å². The lowest BCUT2D eigenvalue weighted by molar-refractivity contribution is 0.406. The van der Waals surface area contributed by atoms with E-state index in [4.69, 9.17) is 16.3 Å². The summed E-state index contributed by atoms with van der Waals surface area (Å²) in [5, 5.41) is 0.738. The second-order valence-corrected chi connectivity index (χ2v) is 6.87. The van der Waals surface area contributed by atoms with Crippen molar-refractivity contribution in [1.29, 1.82) is 0 Å². The van der Waals surface area contributed by atoms with Crippen LogP contribution in [0.5, 0.6) is 5.75 Å². The van der Waals surface area contributed by atoms with E-state index in [9.17, 15) is 0 Å². The summed E-state index contributed by atoms with van der Waals surface area (Å²) in [5.74, 6) is 0.919. The molecule has 0 saturated carbocycles. The number of rotatable bonds is 3. The van der Waals surface area contributed by atoms with Crippen molar-refractivity contribution in [2.75, 3.05) is 7.11 Å². The minimum Gasteiger partial charge on any atom is -0.496 e. The summed E-state index contributed by atoms with van der Waals surface area (Å²) in [6, 6.07) is 9.93. The van der Waals surface area contributed by atoms with Crippen molar-refractivity contribution in [2.45, 2.75) is 18.7 Å². The quantitative estimate of drug-likeness (QED) is 0.538. The highest BCUT2D eigenvalue weighted by Crippen LogP contribution is 2.43. The molecule has 0 saturated heterocycles. The van der Waals surface area contributed by atoms with Gasteiger partial charge < -0.3 is 4.74 Å². The zero-order chi connectivity index (χ0) is 14.9. The van der Waals surface area contributed by atoms with Gasteiger partial charge in [0.15, 0.2) is 0 Å². The van der Waals surface area contributed by atoms with Gasteiger partial charge in [-0.15, -0.1) is 0 Å². The van der Waals surface area contributed by atoms with E-state index in [-0.39, 0.29) is 4.83 Å². The average molecular weight is 419 g/mol. The lowest BCUT2D eigenvalue weighted by Crippen LogP contribution is -2.02. The van der Waals surface area contributed by atoms with E-state index in [2.05, 4.69) is 44.8 Å². The average Bonchev–Trinajstić information content (AvgIpc) is 2.42. The Bertz CT molecular complexity index is 623. The number of aryl methyl sites for hydroxylation is 1. The molecule has 20 heavy (non-hydrogen) atoms. The smallest absolute Gasteiger partial charge is 0.126 e. The van der Waals surface area contributed by atoms with Gasteiger partial charge in [0.25, 0.3) is 0 Å². The van der Waals surface area contributed by atoms with E-state index in [0.717, 1.165) is 31.9 Å². The third kappa shape index (κ3) is 3.05. The van der Waals surface area contributed by atoms with E-state index in [1.165, 1.54) is 5.56 Å². The van der Waals surface area contributed by atoms with E-state index in [1.807, 2.05) is 31.2 Å². The third-order valence-corrected chi connectivity index (χ3v) is 5.39. The van der Waals surface area contributed by atoms with Crippen LogP contribution in [0.2, 0.25) is 5.02 Å². The SMILES string of the molecule is COc1c(C)cc(Br)c(C)c1C(Br)c1ccc(Cl)cc1. The summed E-state index contributed by atoms with van der Waals surface area (Å²) in [7, 11) is 1.71. The second kappa shape index (κ2) is 6.50. The van der Waals surface area contributed by atoms with Gasteiger partial charge in [-0.05, 0) is 48.7 Å². The fraction of sp³-hybridized carbons (Fsp3) is 0.250. The molecule has 2 rings (SSSR count). The van der Waals surface area contributed by atoms with E-state index < -0.39 is 0 Å². The first-order chi connectivity index (χ1) is 9.45. The van der Waals surface area contributed by atoms with Crippen molar-refractivity contribution in [3.05, 3.63) is 62.1 Å². The van der Waals surface area contributed by atoms with E-state index >= 15 is 0 Å². The van der Waals surface area contributed by atoms with Gasteiger partial charge >= 0.3 is 0 Å².